The second-order valence-corrected chi connectivity index (χ2v) is 6.77. The number of benzene rings is 2. The molecule has 0 unspecified atom stereocenters. The number of ether oxygens (including phenoxy) is 1. The molecular weight excluding hydrogens is 390 g/mol. The van der Waals surface area contributed by atoms with E-state index in [1.807, 2.05) is 66.7 Å². The van der Waals surface area contributed by atoms with Crippen LogP contribution in [0.4, 0.5) is 11.6 Å². The highest BCUT2D eigenvalue weighted by Gasteiger charge is 2.11. The van der Waals surface area contributed by atoms with Crippen LogP contribution in [0.5, 0.6) is 11.5 Å². The summed E-state index contributed by atoms with van der Waals surface area (Å²) in [5, 5.41) is 3.55. The maximum absolute atomic E-state index is 12.8. The first kappa shape index (κ1) is 18.5. The minimum absolute atomic E-state index is 0.267. The molecular formula is C24H17N5O2. The fourth-order valence-electron chi connectivity index (χ4n) is 3.26. The van der Waals surface area contributed by atoms with Crippen molar-refractivity contribution in [3.05, 3.63) is 102 Å². The van der Waals surface area contributed by atoms with Gasteiger partial charge < -0.3 is 10.1 Å². The van der Waals surface area contributed by atoms with Gasteiger partial charge in [0.1, 0.15) is 11.5 Å². The third-order valence-electron chi connectivity index (χ3n) is 4.69. The molecule has 0 aliphatic rings. The van der Waals surface area contributed by atoms with E-state index >= 15 is 0 Å². The van der Waals surface area contributed by atoms with E-state index in [4.69, 9.17) is 4.74 Å². The second-order valence-electron chi connectivity index (χ2n) is 6.77. The van der Waals surface area contributed by atoms with Gasteiger partial charge in [-0.3, -0.25) is 14.8 Å². The topological polar surface area (TPSA) is 92.8 Å². The predicted octanol–water partition coefficient (Wildman–Crippen LogP) is 4.92. The first-order valence-electron chi connectivity index (χ1n) is 9.66. The van der Waals surface area contributed by atoms with Crippen LogP contribution >= 0.6 is 0 Å². The van der Waals surface area contributed by atoms with Gasteiger partial charge in [-0.15, -0.1) is 0 Å². The van der Waals surface area contributed by atoms with Crippen molar-refractivity contribution in [1.82, 2.24) is 19.9 Å². The number of hydrogen-bond donors (Lipinski definition) is 2. The zero-order valence-corrected chi connectivity index (χ0v) is 16.3. The van der Waals surface area contributed by atoms with Crippen LogP contribution < -0.4 is 15.6 Å². The number of pyridine rings is 2. The monoisotopic (exact) mass is 407 g/mol. The van der Waals surface area contributed by atoms with E-state index in [1.165, 1.54) is 0 Å². The summed E-state index contributed by atoms with van der Waals surface area (Å²) in [6.07, 6.45) is 5.01. The van der Waals surface area contributed by atoms with E-state index < -0.39 is 0 Å². The van der Waals surface area contributed by atoms with E-state index in [0.717, 1.165) is 22.6 Å². The molecule has 0 atom stereocenters. The number of aromatic nitrogens is 4. The van der Waals surface area contributed by atoms with Gasteiger partial charge in [0, 0.05) is 24.3 Å². The number of fused-ring (bicyclic) bond motifs is 1. The van der Waals surface area contributed by atoms with E-state index in [1.54, 1.807) is 24.7 Å². The lowest BCUT2D eigenvalue weighted by atomic mass is 10.1. The lowest BCUT2D eigenvalue weighted by Gasteiger charge is -2.10. The number of para-hydroxylation sites is 1. The molecule has 5 rings (SSSR count). The first-order valence-corrected chi connectivity index (χ1v) is 9.66. The number of aromatic amines is 1. The number of hydrogen-bond acceptors (Lipinski definition) is 6. The molecule has 0 aliphatic carbocycles. The largest absolute Gasteiger partial charge is 0.457 e. The number of nitrogens with zero attached hydrogens (tertiary/aromatic N) is 3. The van der Waals surface area contributed by atoms with Crippen molar-refractivity contribution < 1.29 is 4.74 Å². The van der Waals surface area contributed by atoms with Gasteiger partial charge in [0.2, 0.25) is 5.95 Å². The maximum Gasteiger partial charge on any atom is 0.262 e. The van der Waals surface area contributed by atoms with Crippen LogP contribution in [0.3, 0.4) is 0 Å². The van der Waals surface area contributed by atoms with Crippen molar-refractivity contribution in [3.8, 4) is 22.6 Å². The molecule has 0 aliphatic heterocycles. The summed E-state index contributed by atoms with van der Waals surface area (Å²) in [5.74, 6) is 1.79. The highest BCUT2D eigenvalue weighted by Crippen LogP contribution is 2.26. The summed E-state index contributed by atoms with van der Waals surface area (Å²) in [4.78, 5) is 28.4. The smallest absolute Gasteiger partial charge is 0.262 e. The average molecular weight is 407 g/mol. The SMILES string of the molecule is O=c1[nH]c(Nc2ccc(Oc3ccccc3)cc2)nc2nccc(-c3ccncc3)c12. The van der Waals surface area contributed by atoms with Crippen molar-refractivity contribution in [2.45, 2.75) is 0 Å². The molecule has 2 N–H and O–H groups in total. The summed E-state index contributed by atoms with van der Waals surface area (Å²) in [6, 6.07) is 22.4. The number of nitrogens with one attached hydrogen (secondary N) is 2. The molecule has 3 heterocycles. The third kappa shape index (κ3) is 3.97. The van der Waals surface area contributed by atoms with Crippen molar-refractivity contribution >= 4 is 22.7 Å². The Labute approximate surface area is 177 Å². The van der Waals surface area contributed by atoms with Crippen molar-refractivity contribution in [1.29, 1.82) is 0 Å². The van der Waals surface area contributed by atoms with Crippen molar-refractivity contribution in [3.63, 3.8) is 0 Å². The van der Waals surface area contributed by atoms with Crippen LogP contribution in [0.25, 0.3) is 22.2 Å². The molecule has 3 aromatic heterocycles. The third-order valence-corrected chi connectivity index (χ3v) is 4.69. The standard InChI is InChI=1S/C24H17N5O2/c30-23-21-20(16-10-13-25-14-11-16)12-15-26-22(21)28-24(29-23)27-17-6-8-19(9-7-17)31-18-4-2-1-3-5-18/h1-15H,(H2,26,27,28,29,30). The van der Waals surface area contributed by atoms with Gasteiger partial charge in [-0.25, -0.2) is 4.98 Å². The summed E-state index contributed by atoms with van der Waals surface area (Å²) in [6.45, 7) is 0. The summed E-state index contributed by atoms with van der Waals surface area (Å²) >= 11 is 0. The second kappa shape index (κ2) is 8.08. The Morgan fingerprint density at radius 1 is 0.806 bits per heavy atom. The van der Waals surface area contributed by atoms with E-state index in [0.29, 0.717) is 22.7 Å². The fraction of sp³-hybridized carbons (Fsp3) is 0. The molecule has 2 aromatic carbocycles. The van der Waals surface area contributed by atoms with Crippen LogP contribution in [0.15, 0.2) is 96.2 Å². The van der Waals surface area contributed by atoms with E-state index in [-0.39, 0.29) is 5.56 Å². The lowest BCUT2D eigenvalue weighted by molar-refractivity contribution is 0.483. The number of rotatable bonds is 5. The Bertz CT molecular complexity index is 1390. The van der Waals surface area contributed by atoms with Gasteiger partial charge >= 0.3 is 0 Å². The lowest BCUT2D eigenvalue weighted by Crippen LogP contribution is -2.13. The Kier molecular flexibility index (Phi) is 4.82. The Morgan fingerprint density at radius 3 is 2.32 bits per heavy atom. The van der Waals surface area contributed by atoms with Crippen LogP contribution in [-0.2, 0) is 0 Å². The first-order chi connectivity index (χ1) is 15.3. The summed E-state index contributed by atoms with van der Waals surface area (Å²) < 4.78 is 5.80. The van der Waals surface area contributed by atoms with Gasteiger partial charge in [-0.1, -0.05) is 18.2 Å². The minimum atomic E-state index is -0.267. The Morgan fingerprint density at radius 2 is 1.55 bits per heavy atom. The number of H-pyrrole nitrogens is 1. The van der Waals surface area contributed by atoms with Gasteiger partial charge in [0.25, 0.3) is 5.56 Å². The normalized spacial score (nSPS) is 10.7. The maximum atomic E-state index is 12.8. The molecule has 0 radical (unpaired) electrons. The molecule has 0 saturated heterocycles. The zero-order valence-electron chi connectivity index (χ0n) is 16.3. The highest BCUT2D eigenvalue weighted by atomic mass is 16.5. The fourth-order valence-corrected chi connectivity index (χ4v) is 3.26. The zero-order chi connectivity index (χ0) is 21.0. The van der Waals surface area contributed by atoms with Gasteiger partial charge in [-0.05, 0) is 65.7 Å². The molecule has 0 saturated carbocycles. The Hall–Kier alpha value is -4.52. The predicted molar refractivity (Wildman–Crippen MR) is 120 cm³/mol. The molecule has 5 aromatic rings. The number of anilines is 2. The minimum Gasteiger partial charge on any atom is -0.457 e. The average Bonchev–Trinajstić information content (AvgIpc) is 2.81. The molecule has 0 fully saturated rings. The summed E-state index contributed by atoms with van der Waals surface area (Å²) in [5.41, 5.74) is 2.49. The summed E-state index contributed by atoms with van der Waals surface area (Å²) in [7, 11) is 0. The molecule has 0 spiro atoms. The van der Waals surface area contributed by atoms with E-state index in [9.17, 15) is 4.79 Å². The molecule has 31 heavy (non-hydrogen) atoms. The quantitative estimate of drug-likeness (QED) is 0.430. The van der Waals surface area contributed by atoms with Crippen LogP contribution in [0.2, 0.25) is 0 Å². The molecule has 7 nitrogen and oxygen atoms in total. The van der Waals surface area contributed by atoms with Gasteiger partial charge in [0.15, 0.2) is 5.65 Å². The molecule has 0 bridgehead atoms. The van der Waals surface area contributed by atoms with Gasteiger partial charge in [-0.2, -0.15) is 4.98 Å². The van der Waals surface area contributed by atoms with Crippen molar-refractivity contribution in [2.24, 2.45) is 0 Å². The van der Waals surface area contributed by atoms with Crippen LogP contribution in [0, 0.1) is 0 Å². The van der Waals surface area contributed by atoms with E-state index in [2.05, 4.69) is 25.3 Å². The Balaban J connectivity index is 1.42. The van der Waals surface area contributed by atoms with Crippen LogP contribution in [-0.4, -0.2) is 19.9 Å². The molecule has 150 valence electrons. The van der Waals surface area contributed by atoms with Gasteiger partial charge in [0.05, 0.1) is 5.39 Å². The molecule has 7 heteroatoms. The highest BCUT2D eigenvalue weighted by molar-refractivity contribution is 5.92. The molecule has 0 amide bonds. The van der Waals surface area contributed by atoms with Crippen LogP contribution in [0.1, 0.15) is 0 Å². The van der Waals surface area contributed by atoms with Crippen molar-refractivity contribution in [2.75, 3.05) is 5.32 Å².